The van der Waals surface area contributed by atoms with Gasteiger partial charge in [-0.05, 0) is 22.6 Å². The molecule has 18 heavy (non-hydrogen) atoms. The fraction of sp³-hybridized carbons (Fsp3) is 0.111. The Bertz CT molecular complexity index is 597. The second-order valence-electron chi connectivity index (χ2n) is 3.22. The van der Waals surface area contributed by atoms with Crippen molar-refractivity contribution in [2.24, 2.45) is 5.10 Å². The minimum Gasteiger partial charge on any atom is -0.503 e. The summed E-state index contributed by atoms with van der Waals surface area (Å²) in [6, 6.07) is 3.08. The van der Waals surface area contributed by atoms with Gasteiger partial charge in [-0.25, -0.2) is 0 Å². The minimum absolute atomic E-state index is 0.0584. The van der Waals surface area contributed by atoms with Crippen molar-refractivity contribution in [1.29, 1.82) is 0 Å². The zero-order valence-electron chi connectivity index (χ0n) is 9.28. The van der Waals surface area contributed by atoms with Gasteiger partial charge in [-0.2, -0.15) is 5.10 Å². The van der Waals surface area contributed by atoms with Crippen LogP contribution in [0.15, 0.2) is 17.2 Å². The van der Waals surface area contributed by atoms with Crippen molar-refractivity contribution in [2.75, 3.05) is 12.8 Å². The van der Waals surface area contributed by atoms with Crippen LogP contribution in [0.5, 0.6) is 11.5 Å². The van der Waals surface area contributed by atoms with Crippen LogP contribution in [0.1, 0.15) is 5.56 Å². The number of ether oxygens (including phenoxy) is 1. The van der Waals surface area contributed by atoms with Gasteiger partial charge >= 0.3 is 0 Å². The van der Waals surface area contributed by atoms with E-state index in [4.69, 9.17) is 22.1 Å². The topological polar surface area (TPSA) is 111 Å². The lowest BCUT2D eigenvalue weighted by molar-refractivity contribution is 0.373. The van der Waals surface area contributed by atoms with Crippen LogP contribution in [0.25, 0.3) is 0 Å². The second-order valence-corrected chi connectivity index (χ2v) is 3.63. The molecule has 1 heterocycles. The van der Waals surface area contributed by atoms with Crippen molar-refractivity contribution in [3.8, 4) is 11.5 Å². The highest BCUT2D eigenvalue weighted by atomic mass is 35.5. The molecule has 9 heteroatoms. The summed E-state index contributed by atoms with van der Waals surface area (Å²) in [6.45, 7) is 0. The standard InChI is InChI=1S/C9H9ClN6O2/c1-18-7-3-5(2-6(10)8(7)17)4-12-16-9(11)13-14-15-16/h2-4,17H,1H3,(H2,11,13,15)/b12-4-. The predicted molar refractivity (Wildman–Crippen MR) is 64.9 cm³/mol. The van der Waals surface area contributed by atoms with Gasteiger partial charge in [-0.3, -0.25) is 0 Å². The summed E-state index contributed by atoms with van der Waals surface area (Å²) in [5.74, 6) is 0.176. The van der Waals surface area contributed by atoms with Crippen molar-refractivity contribution < 1.29 is 9.84 Å². The molecule has 0 aliphatic carbocycles. The number of nitrogen functional groups attached to an aromatic ring is 1. The van der Waals surface area contributed by atoms with Gasteiger partial charge in [0.05, 0.1) is 18.3 Å². The number of halogens is 1. The molecular weight excluding hydrogens is 260 g/mol. The highest BCUT2D eigenvalue weighted by Gasteiger charge is 2.08. The number of hydrogen-bond acceptors (Lipinski definition) is 7. The molecule has 0 aliphatic rings. The van der Waals surface area contributed by atoms with Crippen LogP contribution in [0.2, 0.25) is 5.02 Å². The van der Waals surface area contributed by atoms with Crippen LogP contribution in [-0.4, -0.2) is 38.7 Å². The van der Waals surface area contributed by atoms with E-state index in [0.717, 1.165) is 4.79 Å². The number of aromatic hydroxyl groups is 1. The lowest BCUT2D eigenvalue weighted by Crippen LogP contribution is -1.99. The Balaban J connectivity index is 2.32. The first-order chi connectivity index (χ1) is 8.61. The molecule has 3 N–H and O–H groups in total. The number of tetrazole rings is 1. The molecule has 8 nitrogen and oxygen atoms in total. The van der Waals surface area contributed by atoms with Gasteiger partial charge in [-0.1, -0.05) is 21.5 Å². The van der Waals surface area contributed by atoms with Gasteiger partial charge in [0, 0.05) is 5.56 Å². The number of nitrogens with zero attached hydrogens (tertiary/aromatic N) is 5. The molecule has 0 radical (unpaired) electrons. The quantitative estimate of drug-likeness (QED) is 0.784. The van der Waals surface area contributed by atoms with Gasteiger partial charge in [0.1, 0.15) is 0 Å². The predicted octanol–water partition coefficient (Wildman–Crippen LogP) is 0.505. The maximum absolute atomic E-state index is 9.56. The number of aromatic nitrogens is 4. The average molecular weight is 269 g/mol. The normalized spacial score (nSPS) is 11.0. The van der Waals surface area contributed by atoms with E-state index in [1.165, 1.54) is 19.4 Å². The molecule has 0 aliphatic heterocycles. The summed E-state index contributed by atoms with van der Waals surface area (Å²) in [5, 5.41) is 24.0. The van der Waals surface area contributed by atoms with Crippen molar-refractivity contribution >= 4 is 23.8 Å². The molecule has 0 bridgehead atoms. The number of benzene rings is 1. The fourth-order valence-electron chi connectivity index (χ4n) is 1.22. The van der Waals surface area contributed by atoms with Gasteiger partial charge in [-0.15, -0.1) is 0 Å². The first-order valence-electron chi connectivity index (χ1n) is 4.76. The molecule has 2 aromatic rings. The van der Waals surface area contributed by atoms with Crippen LogP contribution < -0.4 is 10.5 Å². The Hall–Kier alpha value is -2.35. The summed E-state index contributed by atoms with van der Waals surface area (Å²) in [4.78, 5) is 1.05. The fourth-order valence-corrected chi connectivity index (χ4v) is 1.44. The van der Waals surface area contributed by atoms with Gasteiger partial charge < -0.3 is 15.6 Å². The van der Waals surface area contributed by atoms with Gasteiger partial charge in [0.15, 0.2) is 11.5 Å². The van der Waals surface area contributed by atoms with Crippen LogP contribution in [0, 0.1) is 0 Å². The average Bonchev–Trinajstić information content (AvgIpc) is 2.76. The smallest absolute Gasteiger partial charge is 0.263 e. The Labute approximate surface area is 107 Å². The Morgan fingerprint density at radius 3 is 2.94 bits per heavy atom. The summed E-state index contributed by atoms with van der Waals surface area (Å²) in [5.41, 5.74) is 6.04. The van der Waals surface area contributed by atoms with E-state index in [0.29, 0.717) is 5.56 Å². The van der Waals surface area contributed by atoms with E-state index < -0.39 is 0 Å². The molecule has 1 aromatic carbocycles. The maximum atomic E-state index is 9.56. The van der Waals surface area contributed by atoms with E-state index >= 15 is 0 Å². The highest BCUT2D eigenvalue weighted by Crippen LogP contribution is 2.34. The molecule has 0 spiro atoms. The van der Waals surface area contributed by atoms with Gasteiger partial charge in [0.2, 0.25) is 0 Å². The molecule has 94 valence electrons. The number of phenols is 1. The number of nitrogens with two attached hydrogens (primary N) is 1. The molecule has 0 atom stereocenters. The number of hydrogen-bond donors (Lipinski definition) is 2. The summed E-state index contributed by atoms with van der Waals surface area (Å²) in [7, 11) is 1.42. The largest absolute Gasteiger partial charge is 0.503 e. The lowest BCUT2D eigenvalue weighted by Gasteiger charge is -2.05. The number of methoxy groups -OCH3 is 1. The van der Waals surface area contributed by atoms with Crippen LogP contribution in [-0.2, 0) is 0 Å². The van der Waals surface area contributed by atoms with Crippen LogP contribution in [0.3, 0.4) is 0 Å². The SMILES string of the molecule is COc1cc(/C=N\n2nnnc2N)cc(Cl)c1O. The number of anilines is 1. The molecule has 0 saturated carbocycles. The van der Waals surface area contributed by atoms with E-state index in [9.17, 15) is 5.11 Å². The number of phenolic OH excluding ortho intramolecular Hbond substituents is 1. The molecule has 0 fully saturated rings. The van der Waals surface area contributed by atoms with E-state index in [1.54, 1.807) is 6.07 Å². The molecule has 1 aromatic heterocycles. The van der Waals surface area contributed by atoms with Crippen molar-refractivity contribution in [1.82, 2.24) is 20.3 Å². The molecular formula is C9H9ClN6O2. The zero-order valence-corrected chi connectivity index (χ0v) is 10.0. The molecule has 0 unspecified atom stereocenters. The monoisotopic (exact) mass is 268 g/mol. The summed E-state index contributed by atoms with van der Waals surface area (Å²) >= 11 is 5.83. The molecule has 0 saturated heterocycles. The Morgan fingerprint density at radius 1 is 1.56 bits per heavy atom. The van der Waals surface area contributed by atoms with Crippen LogP contribution in [0.4, 0.5) is 5.95 Å². The van der Waals surface area contributed by atoms with E-state index in [-0.39, 0.29) is 22.5 Å². The third-order valence-corrected chi connectivity index (χ3v) is 2.35. The highest BCUT2D eigenvalue weighted by molar-refractivity contribution is 6.32. The number of rotatable bonds is 3. The van der Waals surface area contributed by atoms with Crippen molar-refractivity contribution in [2.45, 2.75) is 0 Å². The van der Waals surface area contributed by atoms with E-state index in [2.05, 4.69) is 20.6 Å². The third-order valence-electron chi connectivity index (χ3n) is 2.06. The zero-order chi connectivity index (χ0) is 13.1. The van der Waals surface area contributed by atoms with Crippen molar-refractivity contribution in [3.05, 3.63) is 22.7 Å². The second kappa shape index (κ2) is 4.88. The van der Waals surface area contributed by atoms with Crippen molar-refractivity contribution in [3.63, 3.8) is 0 Å². The first kappa shape index (κ1) is 12.1. The van der Waals surface area contributed by atoms with E-state index in [1.807, 2.05) is 0 Å². The third kappa shape index (κ3) is 2.33. The maximum Gasteiger partial charge on any atom is 0.263 e. The Kier molecular flexibility index (Phi) is 3.28. The summed E-state index contributed by atoms with van der Waals surface area (Å²) < 4.78 is 4.96. The summed E-state index contributed by atoms with van der Waals surface area (Å²) in [6.07, 6.45) is 1.43. The lowest BCUT2D eigenvalue weighted by atomic mass is 10.2. The molecule has 2 rings (SSSR count). The van der Waals surface area contributed by atoms with Gasteiger partial charge in [0.25, 0.3) is 5.95 Å². The first-order valence-corrected chi connectivity index (χ1v) is 5.14. The Morgan fingerprint density at radius 2 is 2.33 bits per heavy atom. The molecule has 0 amide bonds. The minimum atomic E-state index is -0.127. The van der Waals surface area contributed by atoms with Crippen LogP contribution >= 0.6 is 11.6 Å².